The van der Waals surface area contributed by atoms with Gasteiger partial charge in [-0.05, 0) is 29.8 Å². The minimum atomic E-state index is 0. The smallest absolute Gasteiger partial charge is 0.164 e. The average molecular weight is 305 g/mol. The molecule has 2 aromatic rings. The number of hydrogen-bond donors (Lipinski definition) is 1. The number of halogens is 3. The van der Waals surface area contributed by atoms with E-state index in [-0.39, 0.29) is 12.4 Å². The standard InChI is InChI=1S/C13H11Cl2NO.ClH/c14-11-6-9(8-16)7-12(15)13(11)17-10-4-2-1-3-5-10;/h1-7H,8,16H2;1H. The molecule has 0 aromatic heterocycles. The van der Waals surface area contributed by atoms with E-state index >= 15 is 0 Å². The van der Waals surface area contributed by atoms with E-state index in [1.165, 1.54) is 0 Å². The fraction of sp³-hybridized carbons (Fsp3) is 0.0769. The molecule has 0 fully saturated rings. The highest BCUT2D eigenvalue weighted by Crippen LogP contribution is 2.37. The Bertz CT molecular complexity index is 494. The highest BCUT2D eigenvalue weighted by atomic mass is 35.5. The molecule has 0 radical (unpaired) electrons. The maximum Gasteiger partial charge on any atom is 0.164 e. The van der Waals surface area contributed by atoms with E-state index in [0.717, 1.165) is 5.56 Å². The summed E-state index contributed by atoms with van der Waals surface area (Å²) in [6, 6.07) is 12.9. The topological polar surface area (TPSA) is 35.2 Å². The Morgan fingerprint density at radius 1 is 1.00 bits per heavy atom. The Morgan fingerprint density at radius 2 is 1.56 bits per heavy atom. The minimum absolute atomic E-state index is 0. The van der Waals surface area contributed by atoms with Crippen LogP contribution in [0.5, 0.6) is 11.5 Å². The van der Waals surface area contributed by atoms with Crippen molar-refractivity contribution in [2.24, 2.45) is 5.73 Å². The molecule has 2 N–H and O–H groups in total. The molecular weight excluding hydrogens is 293 g/mol. The van der Waals surface area contributed by atoms with E-state index in [1.807, 2.05) is 30.3 Å². The Kier molecular flexibility index (Phi) is 5.76. The summed E-state index contributed by atoms with van der Waals surface area (Å²) in [4.78, 5) is 0. The SMILES string of the molecule is Cl.NCc1cc(Cl)c(Oc2ccccc2)c(Cl)c1. The maximum absolute atomic E-state index is 6.10. The van der Waals surface area contributed by atoms with Gasteiger partial charge in [0.1, 0.15) is 5.75 Å². The Balaban J connectivity index is 0.00000162. The van der Waals surface area contributed by atoms with Gasteiger partial charge in [0, 0.05) is 6.54 Å². The molecule has 0 aliphatic rings. The summed E-state index contributed by atoms with van der Waals surface area (Å²) < 4.78 is 5.63. The molecule has 2 nitrogen and oxygen atoms in total. The summed E-state index contributed by atoms with van der Waals surface area (Å²) in [7, 11) is 0. The highest BCUT2D eigenvalue weighted by molar-refractivity contribution is 6.37. The zero-order valence-electron chi connectivity index (χ0n) is 9.40. The Morgan fingerprint density at radius 3 is 2.06 bits per heavy atom. The predicted molar refractivity (Wildman–Crippen MR) is 78.1 cm³/mol. The van der Waals surface area contributed by atoms with Crippen molar-refractivity contribution in [3.05, 3.63) is 58.1 Å². The lowest BCUT2D eigenvalue weighted by Crippen LogP contribution is -1.97. The van der Waals surface area contributed by atoms with Gasteiger partial charge in [-0.25, -0.2) is 0 Å². The second kappa shape index (κ2) is 6.86. The zero-order chi connectivity index (χ0) is 12.3. The van der Waals surface area contributed by atoms with Gasteiger partial charge in [-0.3, -0.25) is 0 Å². The quantitative estimate of drug-likeness (QED) is 0.894. The van der Waals surface area contributed by atoms with Crippen molar-refractivity contribution in [2.75, 3.05) is 0 Å². The van der Waals surface area contributed by atoms with Gasteiger partial charge in [-0.2, -0.15) is 0 Å². The van der Waals surface area contributed by atoms with Crippen molar-refractivity contribution in [3.63, 3.8) is 0 Å². The number of nitrogens with two attached hydrogens (primary N) is 1. The van der Waals surface area contributed by atoms with Crippen LogP contribution in [0.15, 0.2) is 42.5 Å². The average Bonchev–Trinajstić information content (AvgIpc) is 2.35. The molecular formula is C13H12Cl3NO. The molecule has 96 valence electrons. The number of benzene rings is 2. The van der Waals surface area contributed by atoms with Gasteiger partial charge < -0.3 is 10.5 Å². The number of para-hydroxylation sites is 1. The van der Waals surface area contributed by atoms with Crippen LogP contribution in [-0.4, -0.2) is 0 Å². The van der Waals surface area contributed by atoms with Gasteiger partial charge >= 0.3 is 0 Å². The van der Waals surface area contributed by atoms with Crippen molar-refractivity contribution < 1.29 is 4.74 Å². The summed E-state index contributed by atoms with van der Waals surface area (Å²) >= 11 is 12.2. The molecule has 0 amide bonds. The molecule has 0 aliphatic heterocycles. The maximum atomic E-state index is 6.10. The lowest BCUT2D eigenvalue weighted by molar-refractivity contribution is 0.483. The lowest BCUT2D eigenvalue weighted by Gasteiger charge is -2.10. The molecule has 2 rings (SSSR count). The third-order valence-electron chi connectivity index (χ3n) is 2.26. The third-order valence-corrected chi connectivity index (χ3v) is 2.82. The third kappa shape index (κ3) is 3.53. The molecule has 0 aliphatic carbocycles. The van der Waals surface area contributed by atoms with Gasteiger partial charge in [0.2, 0.25) is 0 Å². The molecule has 0 bridgehead atoms. The molecule has 0 saturated carbocycles. The van der Waals surface area contributed by atoms with Crippen molar-refractivity contribution in [1.82, 2.24) is 0 Å². The van der Waals surface area contributed by atoms with Crippen LogP contribution in [0, 0.1) is 0 Å². The second-order valence-corrected chi connectivity index (χ2v) is 4.32. The molecule has 0 unspecified atom stereocenters. The fourth-order valence-corrected chi connectivity index (χ4v) is 2.04. The van der Waals surface area contributed by atoms with Crippen molar-refractivity contribution in [3.8, 4) is 11.5 Å². The van der Waals surface area contributed by atoms with Crippen molar-refractivity contribution in [1.29, 1.82) is 0 Å². The van der Waals surface area contributed by atoms with Crippen molar-refractivity contribution in [2.45, 2.75) is 6.54 Å². The molecule has 18 heavy (non-hydrogen) atoms. The van der Waals surface area contributed by atoms with Gasteiger partial charge in [-0.1, -0.05) is 41.4 Å². The molecule has 5 heteroatoms. The highest BCUT2D eigenvalue weighted by Gasteiger charge is 2.10. The summed E-state index contributed by atoms with van der Waals surface area (Å²) in [5.74, 6) is 1.15. The van der Waals surface area contributed by atoms with E-state index in [0.29, 0.717) is 28.1 Å². The van der Waals surface area contributed by atoms with Crippen molar-refractivity contribution >= 4 is 35.6 Å². The first-order chi connectivity index (χ1) is 8.20. The molecule has 0 spiro atoms. The van der Waals surface area contributed by atoms with Crippen LogP contribution in [0.3, 0.4) is 0 Å². The minimum Gasteiger partial charge on any atom is -0.454 e. The van der Waals surface area contributed by atoms with E-state index in [2.05, 4.69) is 0 Å². The van der Waals surface area contributed by atoms with Gasteiger partial charge in [0.15, 0.2) is 5.75 Å². The fourth-order valence-electron chi connectivity index (χ4n) is 1.43. The number of hydrogen-bond acceptors (Lipinski definition) is 2. The largest absolute Gasteiger partial charge is 0.454 e. The van der Waals surface area contributed by atoms with Crippen LogP contribution >= 0.6 is 35.6 Å². The number of rotatable bonds is 3. The van der Waals surface area contributed by atoms with Crippen LogP contribution in [0.4, 0.5) is 0 Å². The van der Waals surface area contributed by atoms with Gasteiger partial charge in [0.25, 0.3) is 0 Å². The molecule has 0 atom stereocenters. The van der Waals surface area contributed by atoms with E-state index in [4.69, 9.17) is 33.7 Å². The Hall–Kier alpha value is -0.930. The molecule has 0 saturated heterocycles. The first-order valence-corrected chi connectivity index (χ1v) is 5.87. The van der Waals surface area contributed by atoms with Crippen LogP contribution in [0.1, 0.15) is 5.56 Å². The second-order valence-electron chi connectivity index (χ2n) is 3.51. The zero-order valence-corrected chi connectivity index (χ0v) is 11.7. The van der Waals surface area contributed by atoms with Crippen LogP contribution in [-0.2, 0) is 6.54 Å². The summed E-state index contributed by atoms with van der Waals surface area (Å²) in [6.45, 7) is 0.394. The number of ether oxygens (including phenoxy) is 1. The van der Waals surface area contributed by atoms with E-state index in [1.54, 1.807) is 12.1 Å². The van der Waals surface area contributed by atoms with Crippen LogP contribution in [0.25, 0.3) is 0 Å². The van der Waals surface area contributed by atoms with Gasteiger partial charge in [0.05, 0.1) is 10.0 Å². The summed E-state index contributed by atoms with van der Waals surface area (Å²) in [5, 5.41) is 0.920. The first kappa shape index (κ1) is 15.1. The summed E-state index contributed by atoms with van der Waals surface area (Å²) in [5.41, 5.74) is 6.41. The van der Waals surface area contributed by atoms with E-state index in [9.17, 15) is 0 Å². The van der Waals surface area contributed by atoms with Gasteiger partial charge in [-0.15, -0.1) is 12.4 Å². The first-order valence-electron chi connectivity index (χ1n) is 5.11. The Labute approximate surface area is 122 Å². The molecule has 2 aromatic carbocycles. The van der Waals surface area contributed by atoms with E-state index < -0.39 is 0 Å². The van der Waals surface area contributed by atoms with Crippen LogP contribution in [0.2, 0.25) is 10.0 Å². The normalized spacial score (nSPS) is 9.72. The molecule has 0 heterocycles. The monoisotopic (exact) mass is 303 g/mol. The summed E-state index contributed by atoms with van der Waals surface area (Å²) in [6.07, 6.45) is 0. The predicted octanol–water partition coefficient (Wildman–Crippen LogP) is 4.67. The lowest BCUT2D eigenvalue weighted by atomic mass is 10.2. The van der Waals surface area contributed by atoms with Crippen LogP contribution < -0.4 is 10.5 Å².